The van der Waals surface area contributed by atoms with Gasteiger partial charge in [-0.1, -0.05) is 25.5 Å². The van der Waals surface area contributed by atoms with E-state index in [1.807, 2.05) is 12.1 Å². The lowest BCUT2D eigenvalue weighted by molar-refractivity contribution is -0.00811. The van der Waals surface area contributed by atoms with Crippen LogP contribution in [0.3, 0.4) is 0 Å². The minimum atomic E-state index is -0.0544. The maximum atomic E-state index is 12.7. The fraction of sp³-hybridized carbons (Fsp3) is 0.640. The van der Waals surface area contributed by atoms with Crippen molar-refractivity contribution in [3.63, 3.8) is 0 Å². The van der Waals surface area contributed by atoms with E-state index >= 15 is 0 Å². The number of rotatable bonds is 7. The molecule has 2 bridgehead atoms. The molecule has 1 aromatic carbocycles. The van der Waals surface area contributed by atoms with E-state index in [2.05, 4.69) is 37.2 Å². The van der Waals surface area contributed by atoms with E-state index in [1.165, 1.54) is 18.4 Å². The van der Waals surface area contributed by atoms with Crippen molar-refractivity contribution in [1.29, 1.82) is 0 Å². The molecule has 0 spiro atoms. The lowest BCUT2D eigenvalue weighted by Gasteiger charge is -2.56. The number of carbonyl (C=O) groups excluding carboxylic acids is 1. The van der Waals surface area contributed by atoms with E-state index in [4.69, 9.17) is 9.47 Å². The first-order valence-electron chi connectivity index (χ1n) is 11.4. The summed E-state index contributed by atoms with van der Waals surface area (Å²) in [5.74, 6) is 2.84. The number of nitrogens with zero attached hydrogens (tertiary/aromatic N) is 1. The molecule has 164 valence electrons. The van der Waals surface area contributed by atoms with Gasteiger partial charge in [-0.25, -0.2) is 0 Å². The van der Waals surface area contributed by atoms with E-state index < -0.39 is 0 Å². The molecule has 1 aromatic rings. The molecule has 4 aliphatic rings. The molecule has 30 heavy (non-hydrogen) atoms. The van der Waals surface area contributed by atoms with E-state index in [-0.39, 0.29) is 12.0 Å². The van der Waals surface area contributed by atoms with Crippen molar-refractivity contribution < 1.29 is 14.3 Å². The minimum Gasteiger partial charge on any atom is -0.493 e. The maximum absolute atomic E-state index is 12.7. The van der Waals surface area contributed by atoms with Gasteiger partial charge in [-0.05, 0) is 74.6 Å². The van der Waals surface area contributed by atoms with Gasteiger partial charge in [0.25, 0.3) is 5.91 Å². The highest BCUT2D eigenvalue weighted by molar-refractivity contribution is 5.94. The molecule has 5 rings (SSSR count). The third-order valence-electron chi connectivity index (χ3n) is 7.67. The number of methoxy groups -OCH3 is 1. The number of fused-ring (bicyclic) bond motifs is 1. The Hall–Kier alpha value is -2.01. The molecule has 1 saturated heterocycles. The molecule has 5 heteroatoms. The first-order chi connectivity index (χ1) is 14.4. The van der Waals surface area contributed by atoms with Gasteiger partial charge in [0.05, 0.1) is 7.11 Å². The van der Waals surface area contributed by atoms with Crippen LogP contribution in [0.2, 0.25) is 0 Å². The van der Waals surface area contributed by atoms with E-state index in [0.717, 1.165) is 44.0 Å². The second-order valence-electron chi connectivity index (χ2n) is 9.81. The summed E-state index contributed by atoms with van der Waals surface area (Å²) in [6.45, 7) is 7.54. The number of hydrogen-bond donors (Lipinski definition) is 1. The summed E-state index contributed by atoms with van der Waals surface area (Å²) in [6, 6.07) is 5.49. The molecule has 0 aromatic heterocycles. The SMILES string of the molecule is COc1cc(C(=O)NCCC2=CC[C@H]3C[C@@H]2C3(C)C)ccc1OC1CCN(C)CC1. The average molecular weight is 413 g/mol. The average Bonchev–Trinajstić information content (AvgIpc) is 2.75. The third kappa shape index (κ3) is 4.22. The van der Waals surface area contributed by atoms with Crippen molar-refractivity contribution in [2.24, 2.45) is 17.3 Å². The monoisotopic (exact) mass is 412 g/mol. The van der Waals surface area contributed by atoms with Crippen molar-refractivity contribution in [3.8, 4) is 11.5 Å². The lowest BCUT2D eigenvalue weighted by Crippen LogP contribution is -2.48. The number of benzene rings is 1. The molecule has 1 amide bonds. The fourth-order valence-corrected chi connectivity index (χ4v) is 5.37. The second-order valence-corrected chi connectivity index (χ2v) is 9.81. The van der Waals surface area contributed by atoms with Gasteiger partial charge in [-0.2, -0.15) is 0 Å². The first kappa shape index (κ1) is 21.2. The van der Waals surface area contributed by atoms with Crippen molar-refractivity contribution >= 4 is 5.91 Å². The molecule has 3 aliphatic carbocycles. The molecule has 2 fully saturated rings. The van der Waals surface area contributed by atoms with Crippen LogP contribution in [0.15, 0.2) is 29.8 Å². The summed E-state index contributed by atoms with van der Waals surface area (Å²) in [5.41, 5.74) is 2.58. The lowest BCUT2D eigenvalue weighted by atomic mass is 9.48. The van der Waals surface area contributed by atoms with E-state index in [9.17, 15) is 4.79 Å². The van der Waals surface area contributed by atoms with Crippen molar-refractivity contribution in [2.45, 2.75) is 52.1 Å². The summed E-state index contributed by atoms with van der Waals surface area (Å²) in [5, 5.41) is 3.09. The zero-order valence-electron chi connectivity index (χ0n) is 18.9. The highest BCUT2D eigenvalue weighted by Crippen LogP contribution is 2.59. The zero-order valence-corrected chi connectivity index (χ0v) is 18.9. The van der Waals surface area contributed by atoms with Crippen LogP contribution in [0, 0.1) is 17.3 Å². The predicted molar refractivity (Wildman–Crippen MR) is 119 cm³/mol. The van der Waals surface area contributed by atoms with Crippen LogP contribution in [-0.2, 0) is 0 Å². The molecule has 1 heterocycles. The molecule has 1 aliphatic heterocycles. The number of carbonyl (C=O) groups is 1. The van der Waals surface area contributed by atoms with Gasteiger partial charge in [-0.3, -0.25) is 4.79 Å². The highest BCUT2D eigenvalue weighted by Gasteiger charge is 2.50. The Balaban J connectivity index is 1.31. The van der Waals surface area contributed by atoms with Crippen LogP contribution in [0.25, 0.3) is 0 Å². The number of allylic oxidation sites excluding steroid dienone is 1. The Bertz CT molecular complexity index is 809. The van der Waals surface area contributed by atoms with Gasteiger partial charge >= 0.3 is 0 Å². The summed E-state index contributed by atoms with van der Waals surface area (Å²) < 4.78 is 11.7. The molecule has 2 atom stereocenters. The number of ether oxygens (including phenoxy) is 2. The largest absolute Gasteiger partial charge is 0.493 e. The summed E-state index contributed by atoms with van der Waals surface area (Å²) in [4.78, 5) is 15.0. The van der Waals surface area contributed by atoms with Gasteiger partial charge in [0.1, 0.15) is 6.10 Å². The third-order valence-corrected chi connectivity index (χ3v) is 7.67. The molecule has 1 N–H and O–H groups in total. The number of piperidine rings is 1. The van der Waals surface area contributed by atoms with Gasteiger partial charge in [0, 0.05) is 25.2 Å². The van der Waals surface area contributed by atoms with Crippen molar-refractivity contribution in [2.75, 3.05) is 33.8 Å². The minimum absolute atomic E-state index is 0.0544. The quantitative estimate of drug-likeness (QED) is 0.679. The van der Waals surface area contributed by atoms with Crippen LogP contribution in [0.4, 0.5) is 0 Å². The second kappa shape index (κ2) is 8.62. The zero-order chi connectivity index (χ0) is 21.3. The van der Waals surface area contributed by atoms with Gasteiger partial charge in [0.2, 0.25) is 0 Å². The number of amides is 1. The van der Waals surface area contributed by atoms with Crippen LogP contribution < -0.4 is 14.8 Å². The predicted octanol–water partition coefficient (Wildman–Crippen LogP) is 4.28. The Morgan fingerprint density at radius 2 is 2.00 bits per heavy atom. The summed E-state index contributed by atoms with van der Waals surface area (Å²) >= 11 is 0. The Morgan fingerprint density at radius 3 is 2.67 bits per heavy atom. The molecule has 0 radical (unpaired) electrons. The van der Waals surface area contributed by atoms with Crippen LogP contribution in [-0.4, -0.2) is 50.7 Å². The molecule has 1 saturated carbocycles. The van der Waals surface area contributed by atoms with Crippen LogP contribution >= 0.6 is 0 Å². The normalized spacial score (nSPS) is 25.8. The molecular formula is C25H36N2O3. The van der Waals surface area contributed by atoms with Gasteiger partial charge in [0.15, 0.2) is 11.5 Å². The van der Waals surface area contributed by atoms with Gasteiger partial charge < -0.3 is 19.7 Å². The Morgan fingerprint density at radius 1 is 1.23 bits per heavy atom. The summed E-state index contributed by atoms with van der Waals surface area (Å²) in [6.07, 6.45) is 8.10. The number of likely N-dealkylation sites (tertiary alicyclic amines) is 1. The topological polar surface area (TPSA) is 50.8 Å². The van der Waals surface area contributed by atoms with Crippen molar-refractivity contribution in [3.05, 3.63) is 35.4 Å². The molecule has 0 unspecified atom stereocenters. The van der Waals surface area contributed by atoms with Crippen LogP contribution in [0.5, 0.6) is 11.5 Å². The van der Waals surface area contributed by atoms with E-state index in [0.29, 0.717) is 29.2 Å². The molecular weight excluding hydrogens is 376 g/mol. The van der Waals surface area contributed by atoms with Crippen molar-refractivity contribution in [1.82, 2.24) is 10.2 Å². The summed E-state index contributed by atoms with van der Waals surface area (Å²) in [7, 11) is 3.76. The standard InChI is InChI=1S/C25H36N2O3/c1-25(2)19-7-5-17(21(25)16-19)9-12-26-24(28)18-6-8-22(23(15-18)29-4)30-20-10-13-27(3)14-11-20/h5-6,8,15,19-21H,7,9-14,16H2,1-4H3,(H,26,28)/t19-,21-/m0/s1. The van der Waals surface area contributed by atoms with Crippen LogP contribution in [0.1, 0.15) is 56.3 Å². The molecule has 5 nitrogen and oxygen atoms in total. The van der Waals surface area contributed by atoms with Gasteiger partial charge in [-0.15, -0.1) is 0 Å². The smallest absolute Gasteiger partial charge is 0.251 e. The Labute approximate surface area is 180 Å². The first-order valence-corrected chi connectivity index (χ1v) is 11.4. The number of nitrogens with one attached hydrogen (secondary N) is 1. The fourth-order valence-electron chi connectivity index (χ4n) is 5.37. The Kier molecular flexibility index (Phi) is 6.10. The van der Waals surface area contributed by atoms with E-state index in [1.54, 1.807) is 13.2 Å². The highest BCUT2D eigenvalue weighted by atomic mass is 16.5. The maximum Gasteiger partial charge on any atom is 0.251 e. The number of hydrogen-bond acceptors (Lipinski definition) is 4.